The molecule has 0 aliphatic heterocycles. The number of carbonyl (C=O) groups is 2. The van der Waals surface area contributed by atoms with E-state index in [1.807, 2.05) is 0 Å². The van der Waals surface area contributed by atoms with Crippen LogP contribution in [0.15, 0.2) is 0 Å². The molecular weight excluding hydrogens is 211 g/mol. The highest BCUT2D eigenvalue weighted by atomic mass is 31.0. The summed E-state index contributed by atoms with van der Waals surface area (Å²) in [5.41, 5.74) is 0.487. The van der Waals surface area contributed by atoms with E-state index in [9.17, 15) is 9.59 Å². The summed E-state index contributed by atoms with van der Waals surface area (Å²) in [6, 6.07) is 0.212. The maximum absolute atomic E-state index is 11.3. The molecular formula is C10H21N2O2P. The van der Waals surface area contributed by atoms with E-state index in [2.05, 4.69) is 33.7 Å². The van der Waals surface area contributed by atoms with Gasteiger partial charge in [-0.1, -0.05) is 20.3 Å². The second kappa shape index (κ2) is 8.66. The van der Waals surface area contributed by atoms with Gasteiger partial charge >= 0.3 is 0 Å². The summed E-state index contributed by atoms with van der Waals surface area (Å²) >= 11 is 0. The lowest BCUT2D eigenvalue weighted by atomic mass is 10.1. The molecule has 0 aromatic carbocycles. The zero-order valence-corrected chi connectivity index (χ0v) is 10.6. The summed E-state index contributed by atoms with van der Waals surface area (Å²) < 4.78 is 0. The smallest absolute Gasteiger partial charge is 0.239 e. The summed E-state index contributed by atoms with van der Waals surface area (Å²) in [5.74, 6) is -0.119. The van der Waals surface area contributed by atoms with Crippen LogP contribution in [0, 0.1) is 0 Å². The van der Waals surface area contributed by atoms with Crippen molar-refractivity contribution in [3.8, 4) is 0 Å². The molecule has 4 nitrogen and oxygen atoms in total. The molecule has 0 aliphatic carbocycles. The van der Waals surface area contributed by atoms with Gasteiger partial charge < -0.3 is 10.6 Å². The molecule has 2 N–H and O–H groups in total. The van der Waals surface area contributed by atoms with Crippen molar-refractivity contribution in [3.05, 3.63) is 0 Å². The lowest BCUT2D eigenvalue weighted by Gasteiger charge is -2.19. The van der Waals surface area contributed by atoms with Crippen molar-refractivity contribution in [2.45, 2.75) is 44.8 Å². The van der Waals surface area contributed by atoms with Crippen molar-refractivity contribution >= 4 is 21.6 Å². The molecule has 0 aromatic heterocycles. The van der Waals surface area contributed by atoms with E-state index in [0.717, 1.165) is 19.3 Å². The maximum Gasteiger partial charge on any atom is 0.239 e. The van der Waals surface area contributed by atoms with Crippen molar-refractivity contribution in [3.63, 3.8) is 0 Å². The van der Waals surface area contributed by atoms with Gasteiger partial charge in [0, 0.05) is 6.04 Å². The predicted molar refractivity (Wildman–Crippen MR) is 64.7 cm³/mol. The first-order chi connectivity index (χ1) is 7.10. The van der Waals surface area contributed by atoms with Crippen LogP contribution >= 0.6 is 9.24 Å². The topological polar surface area (TPSA) is 58.2 Å². The highest BCUT2D eigenvalue weighted by Crippen LogP contribution is 2.11. The number of amides is 2. The van der Waals surface area contributed by atoms with Crippen LogP contribution in [-0.4, -0.2) is 30.6 Å². The number of carbonyl (C=O) groups excluding carboxylic acids is 2. The predicted octanol–water partition coefficient (Wildman–Crippen LogP) is 0.671. The monoisotopic (exact) mass is 232 g/mol. The largest absolute Gasteiger partial charge is 0.352 e. The van der Waals surface area contributed by atoms with Crippen LogP contribution in [0.5, 0.6) is 0 Å². The van der Waals surface area contributed by atoms with Gasteiger partial charge in [0.15, 0.2) is 0 Å². The summed E-state index contributed by atoms with van der Waals surface area (Å²) in [7, 11) is 2.73. The van der Waals surface area contributed by atoms with Crippen molar-refractivity contribution < 1.29 is 9.59 Å². The molecule has 0 rings (SSSR count). The zero-order chi connectivity index (χ0) is 11.7. The van der Waals surface area contributed by atoms with E-state index in [1.54, 1.807) is 0 Å². The Balaban J connectivity index is 3.91. The lowest BCUT2D eigenvalue weighted by Crippen LogP contribution is -2.41. The van der Waals surface area contributed by atoms with Gasteiger partial charge in [-0.25, -0.2) is 0 Å². The van der Waals surface area contributed by atoms with Gasteiger partial charge in [-0.3, -0.25) is 9.59 Å². The van der Waals surface area contributed by atoms with Gasteiger partial charge in [0.2, 0.25) is 12.3 Å². The first-order valence-corrected chi connectivity index (χ1v) is 5.98. The summed E-state index contributed by atoms with van der Waals surface area (Å²) in [5, 5.41) is 5.26. The quantitative estimate of drug-likeness (QED) is 0.477. The second-order valence-corrected chi connectivity index (χ2v) is 4.90. The molecule has 0 fully saturated rings. The van der Waals surface area contributed by atoms with Crippen LogP contribution in [0.2, 0.25) is 0 Å². The molecule has 0 aliphatic rings. The molecule has 5 heteroatoms. The highest BCUT2D eigenvalue weighted by molar-refractivity contribution is 7.17. The van der Waals surface area contributed by atoms with E-state index in [-0.39, 0.29) is 18.5 Å². The van der Waals surface area contributed by atoms with Crippen molar-refractivity contribution in [1.82, 2.24) is 10.6 Å². The van der Waals surface area contributed by atoms with Crippen LogP contribution in [0.1, 0.15) is 33.1 Å². The molecule has 0 aromatic rings. The van der Waals surface area contributed by atoms with Gasteiger partial charge in [-0.2, -0.15) is 0 Å². The highest BCUT2D eigenvalue weighted by Gasteiger charge is 2.12. The zero-order valence-electron chi connectivity index (χ0n) is 9.45. The van der Waals surface area contributed by atoms with E-state index in [1.165, 1.54) is 0 Å². The Labute approximate surface area is 93.8 Å². The third kappa shape index (κ3) is 8.37. The third-order valence-corrected chi connectivity index (χ3v) is 2.28. The molecule has 0 spiro atoms. The van der Waals surface area contributed by atoms with Crippen molar-refractivity contribution in [2.24, 2.45) is 0 Å². The van der Waals surface area contributed by atoms with Crippen LogP contribution in [-0.2, 0) is 9.59 Å². The normalized spacial score (nSPS) is 14.1. The van der Waals surface area contributed by atoms with Crippen molar-refractivity contribution in [2.75, 3.05) is 6.54 Å². The van der Waals surface area contributed by atoms with Crippen LogP contribution in [0.4, 0.5) is 0 Å². The minimum Gasteiger partial charge on any atom is -0.352 e. The summed E-state index contributed by atoms with van der Waals surface area (Å²) in [6.07, 6.45) is 3.51. The Bertz CT molecular complexity index is 198. The molecule has 0 saturated heterocycles. The molecule has 3 unspecified atom stereocenters. The van der Waals surface area contributed by atoms with Crippen LogP contribution < -0.4 is 10.6 Å². The molecule has 0 radical (unpaired) electrons. The molecule has 2 amide bonds. The first-order valence-electron chi connectivity index (χ1n) is 5.32. The first kappa shape index (κ1) is 14.4. The fourth-order valence-electron chi connectivity index (χ4n) is 1.46. The summed E-state index contributed by atoms with van der Waals surface area (Å²) in [6.45, 7) is 4.26. The van der Waals surface area contributed by atoms with Gasteiger partial charge in [0.25, 0.3) is 0 Å². The fraction of sp³-hybridized carbons (Fsp3) is 0.800. The van der Waals surface area contributed by atoms with E-state index in [0.29, 0.717) is 12.1 Å². The van der Waals surface area contributed by atoms with E-state index < -0.39 is 0 Å². The van der Waals surface area contributed by atoms with Crippen molar-refractivity contribution in [1.29, 1.82) is 0 Å². The molecule has 0 saturated carbocycles. The lowest BCUT2D eigenvalue weighted by molar-refractivity contribution is -0.122. The molecule has 88 valence electrons. The Morgan fingerprint density at radius 3 is 2.67 bits per heavy atom. The minimum atomic E-state index is -0.119. The van der Waals surface area contributed by atoms with E-state index in [4.69, 9.17) is 0 Å². The van der Waals surface area contributed by atoms with Gasteiger partial charge in [-0.15, -0.1) is 9.24 Å². The van der Waals surface area contributed by atoms with Gasteiger partial charge in [-0.05, 0) is 18.5 Å². The Kier molecular flexibility index (Phi) is 8.30. The number of hydrogen-bond acceptors (Lipinski definition) is 2. The fourth-order valence-corrected chi connectivity index (χ4v) is 1.79. The van der Waals surface area contributed by atoms with Crippen LogP contribution in [0.3, 0.4) is 0 Å². The van der Waals surface area contributed by atoms with E-state index >= 15 is 0 Å². The summed E-state index contributed by atoms with van der Waals surface area (Å²) in [4.78, 5) is 21.3. The molecule has 3 atom stereocenters. The number of nitrogens with one attached hydrogen (secondary N) is 2. The van der Waals surface area contributed by atoms with Crippen LogP contribution in [0.25, 0.3) is 0 Å². The second-order valence-electron chi connectivity index (χ2n) is 3.76. The van der Waals surface area contributed by atoms with Gasteiger partial charge in [0.05, 0.1) is 6.54 Å². The average molecular weight is 232 g/mol. The Morgan fingerprint density at radius 1 is 1.53 bits per heavy atom. The Morgan fingerprint density at radius 2 is 2.20 bits per heavy atom. The molecule has 15 heavy (non-hydrogen) atoms. The minimum absolute atomic E-state index is 0.0644. The third-order valence-electron chi connectivity index (χ3n) is 2.00. The SMILES string of the molecule is CCCC(CC(C)P)NC(=O)CNC=O. The maximum atomic E-state index is 11.3. The standard InChI is InChI=1S/C10H21N2O2P/c1-3-4-9(5-8(2)15)12-10(14)6-11-7-13/h7-9H,3-6,15H2,1-2H3,(H,11,13)(H,12,14). The molecule has 0 bridgehead atoms. The average Bonchev–Trinajstić information content (AvgIpc) is 2.14. The molecule has 0 heterocycles. The number of rotatable bonds is 8. The Hall–Kier alpha value is -0.630. The van der Waals surface area contributed by atoms with Gasteiger partial charge in [0.1, 0.15) is 0 Å². The number of hydrogen-bond donors (Lipinski definition) is 2.